The molecule has 0 spiro atoms. The molecule has 256 valence electrons. The van der Waals surface area contributed by atoms with Gasteiger partial charge in [-0.2, -0.15) is 0 Å². The maximum Gasteiger partial charge on any atom is 0.187 e. The van der Waals surface area contributed by atoms with Crippen molar-refractivity contribution in [2.75, 3.05) is 46.8 Å². The van der Waals surface area contributed by atoms with Gasteiger partial charge in [0.25, 0.3) is 0 Å². The number of unbranched alkanes of at least 4 members (excludes halogenated alkanes) is 5. The molecule has 0 aromatic rings. The van der Waals surface area contributed by atoms with Gasteiger partial charge in [0.15, 0.2) is 12.6 Å². The van der Waals surface area contributed by atoms with Crippen molar-refractivity contribution < 1.29 is 47.7 Å². The van der Waals surface area contributed by atoms with Crippen LogP contribution in [0.15, 0.2) is 0 Å². The molecular weight excluding hydrogens is 556 g/mol. The number of aliphatic hydroxyl groups excluding tert-OH is 1. The molecule has 10 nitrogen and oxygen atoms in total. The van der Waals surface area contributed by atoms with Gasteiger partial charge in [0.2, 0.25) is 0 Å². The summed E-state index contributed by atoms with van der Waals surface area (Å²) in [7, 11) is 1.52. The first-order valence-electron chi connectivity index (χ1n) is 17.2. The Morgan fingerprint density at radius 1 is 0.558 bits per heavy atom. The van der Waals surface area contributed by atoms with E-state index in [4.69, 9.17) is 42.6 Å². The zero-order valence-electron chi connectivity index (χ0n) is 28.2. The van der Waals surface area contributed by atoms with Gasteiger partial charge in [0, 0.05) is 40.1 Å². The molecule has 2 aliphatic heterocycles. The van der Waals surface area contributed by atoms with Crippen molar-refractivity contribution >= 4 is 0 Å². The summed E-state index contributed by atoms with van der Waals surface area (Å²) in [5.41, 5.74) is 0. The summed E-state index contributed by atoms with van der Waals surface area (Å²) in [5, 5.41) is 11.4. The molecule has 0 bridgehead atoms. The standard InChI is InChI=1S/C33H64O10/c1-8-13-18-36-23-25-28(38-20-15-10-3)30(39-21-16-11-4)31(40-22-17-12-5)33(42-25)43-29-26(34)32(35-7)41-24(6)27(29)37-19-14-9-2/h24-34H,8-23H2,1-7H3/t24?,25-,26-,27-,28+,29?,30?,31?,32+,33+/m0/s1. The lowest BCUT2D eigenvalue weighted by atomic mass is 9.96. The van der Waals surface area contributed by atoms with Gasteiger partial charge in [-0.15, -0.1) is 0 Å². The van der Waals surface area contributed by atoms with E-state index >= 15 is 0 Å². The molecule has 10 atom stereocenters. The van der Waals surface area contributed by atoms with E-state index in [1.54, 1.807) is 0 Å². The van der Waals surface area contributed by atoms with E-state index in [0.717, 1.165) is 64.2 Å². The van der Waals surface area contributed by atoms with Gasteiger partial charge in [0.1, 0.15) is 42.7 Å². The number of aliphatic hydroxyl groups is 1. The van der Waals surface area contributed by atoms with E-state index in [2.05, 4.69) is 34.6 Å². The molecule has 0 aromatic heterocycles. The third-order valence-corrected chi connectivity index (χ3v) is 8.02. The van der Waals surface area contributed by atoms with E-state index in [-0.39, 0.29) is 6.10 Å². The molecule has 0 radical (unpaired) electrons. The van der Waals surface area contributed by atoms with Crippen molar-refractivity contribution in [1.82, 2.24) is 0 Å². The predicted molar refractivity (Wildman–Crippen MR) is 165 cm³/mol. The second-order valence-corrected chi connectivity index (χ2v) is 11.8. The number of hydrogen-bond donors (Lipinski definition) is 1. The maximum absolute atomic E-state index is 11.4. The Bertz CT molecular complexity index is 670. The molecule has 0 saturated carbocycles. The minimum Gasteiger partial charge on any atom is -0.385 e. The van der Waals surface area contributed by atoms with Crippen LogP contribution in [0.4, 0.5) is 0 Å². The molecule has 1 N–H and O–H groups in total. The molecule has 43 heavy (non-hydrogen) atoms. The van der Waals surface area contributed by atoms with Crippen LogP contribution >= 0.6 is 0 Å². The Labute approximate surface area is 261 Å². The average molecular weight is 621 g/mol. The second kappa shape index (κ2) is 23.0. The Hall–Kier alpha value is -0.400. The highest BCUT2D eigenvalue weighted by molar-refractivity contribution is 4.96. The molecule has 2 aliphatic rings. The highest BCUT2D eigenvalue weighted by atomic mass is 16.8. The van der Waals surface area contributed by atoms with Crippen molar-refractivity contribution in [3.8, 4) is 0 Å². The van der Waals surface area contributed by atoms with Crippen LogP contribution in [0.5, 0.6) is 0 Å². The highest BCUT2D eigenvalue weighted by Gasteiger charge is 2.53. The number of methoxy groups -OCH3 is 1. The number of rotatable bonds is 24. The molecule has 2 heterocycles. The first kappa shape index (κ1) is 38.8. The van der Waals surface area contributed by atoms with E-state index in [1.165, 1.54) is 7.11 Å². The van der Waals surface area contributed by atoms with Gasteiger partial charge < -0.3 is 47.7 Å². The molecule has 0 amide bonds. The molecule has 4 unspecified atom stereocenters. The molecule has 2 saturated heterocycles. The van der Waals surface area contributed by atoms with Crippen LogP contribution in [-0.2, 0) is 42.6 Å². The minimum atomic E-state index is -1.09. The fraction of sp³-hybridized carbons (Fsp3) is 1.00. The first-order valence-corrected chi connectivity index (χ1v) is 17.2. The normalized spacial score (nSPS) is 33.2. The van der Waals surface area contributed by atoms with Crippen LogP contribution in [0.3, 0.4) is 0 Å². The summed E-state index contributed by atoms with van der Waals surface area (Å²) in [6.45, 7) is 15.8. The van der Waals surface area contributed by atoms with Gasteiger partial charge in [-0.3, -0.25) is 0 Å². The molecule has 2 fully saturated rings. The van der Waals surface area contributed by atoms with E-state index in [1.807, 2.05) is 6.92 Å². The zero-order valence-corrected chi connectivity index (χ0v) is 28.2. The fourth-order valence-electron chi connectivity index (χ4n) is 5.31. The van der Waals surface area contributed by atoms with Crippen molar-refractivity contribution in [1.29, 1.82) is 0 Å². The van der Waals surface area contributed by atoms with Crippen molar-refractivity contribution in [2.45, 2.75) is 167 Å². The van der Waals surface area contributed by atoms with E-state index in [0.29, 0.717) is 39.6 Å². The monoisotopic (exact) mass is 620 g/mol. The summed E-state index contributed by atoms with van der Waals surface area (Å²) in [6, 6.07) is 0. The van der Waals surface area contributed by atoms with E-state index < -0.39 is 55.3 Å². The zero-order chi connectivity index (χ0) is 31.5. The Morgan fingerprint density at radius 3 is 1.58 bits per heavy atom. The van der Waals surface area contributed by atoms with E-state index in [9.17, 15) is 5.11 Å². The number of hydrogen-bond acceptors (Lipinski definition) is 10. The molecule has 0 aromatic carbocycles. The summed E-state index contributed by atoms with van der Waals surface area (Å²) >= 11 is 0. The predicted octanol–water partition coefficient (Wildman–Crippen LogP) is 5.41. The topological polar surface area (TPSA) is 103 Å². The Morgan fingerprint density at radius 2 is 1.05 bits per heavy atom. The SMILES string of the molecule is CCCCOC[C@@H]1O[C@H](OC2[C@@H](OCCCC)C(C)O[C@@H](OC)[C@H]2O)C(OCCCC)C(OCCCC)[C@@H]1OCCCC. The Balaban J connectivity index is 2.43. The van der Waals surface area contributed by atoms with Crippen molar-refractivity contribution in [3.63, 3.8) is 0 Å². The Kier molecular flexibility index (Phi) is 20.7. The van der Waals surface area contributed by atoms with Crippen molar-refractivity contribution in [2.24, 2.45) is 0 Å². The first-order chi connectivity index (χ1) is 21.0. The smallest absolute Gasteiger partial charge is 0.187 e. The van der Waals surface area contributed by atoms with Crippen molar-refractivity contribution in [3.05, 3.63) is 0 Å². The van der Waals surface area contributed by atoms with Gasteiger partial charge in [-0.1, -0.05) is 66.7 Å². The average Bonchev–Trinajstić information content (AvgIpc) is 3.00. The van der Waals surface area contributed by atoms with Gasteiger partial charge in [-0.05, 0) is 39.0 Å². The summed E-state index contributed by atoms with van der Waals surface area (Å²) in [5.74, 6) is 0. The largest absolute Gasteiger partial charge is 0.385 e. The van der Waals surface area contributed by atoms with Crippen LogP contribution < -0.4 is 0 Å². The second-order valence-electron chi connectivity index (χ2n) is 11.8. The lowest BCUT2D eigenvalue weighted by molar-refractivity contribution is -0.367. The molecular formula is C33H64O10. The van der Waals surface area contributed by atoms with Crippen LogP contribution in [0.2, 0.25) is 0 Å². The fourth-order valence-corrected chi connectivity index (χ4v) is 5.31. The number of ether oxygens (including phenoxy) is 9. The molecule has 10 heteroatoms. The minimum absolute atomic E-state index is 0.343. The summed E-state index contributed by atoms with van der Waals surface area (Å²) < 4.78 is 56.8. The third-order valence-electron chi connectivity index (χ3n) is 8.02. The highest BCUT2D eigenvalue weighted by Crippen LogP contribution is 2.34. The van der Waals surface area contributed by atoms with Crippen LogP contribution in [0.1, 0.15) is 106 Å². The third kappa shape index (κ3) is 12.7. The molecule has 2 rings (SSSR count). The lowest BCUT2D eigenvalue weighted by Crippen LogP contribution is -2.65. The maximum atomic E-state index is 11.4. The molecule has 0 aliphatic carbocycles. The summed E-state index contributed by atoms with van der Waals surface area (Å²) in [6.07, 6.45) is 3.35. The van der Waals surface area contributed by atoms with Gasteiger partial charge in [0.05, 0.1) is 12.7 Å². The summed E-state index contributed by atoms with van der Waals surface area (Å²) in [4.78, 5) is 0. The van der Waals surface area contributed by atoms with Crippen LogP contribution in [0.25, 0.3) is 0 Å². The van der Waals surface area contributed by atoms with Crippen LogP contribution in [0, 0.1) is 0 Å². The van der Waals surface area contributed by atoms with Gasteiger partial charge in [-0.25, -0.2) is 0 Å². The van der Waals surface area contributed by atoms with Gasteiger partial charge >= 0.3 is 0 Å². The quantitative estimate of drug-likeness (QED) is 0.141. The van der Waals surface area contributed by atoms with Crippen LogP contribution in [-0.4, -0.2) is 113 Å². The lowest BCUT2D eigenvalue weighted by Gasteiger charge is -2.49.